The van der Waals surface area contributed by atoms with E-state index in [2.05, 4.69) is 17.1 Å². The third kappa shape index (κ3) is 1.96. The molecular weight excluding hydrogens is 262 g/mol. The smallest absolute Gasteiger partial charge is 0.346 e. The van der Waals surface area contributed by atoms with Gasteiger partial charge in [0.05, 0.1) is 0 Å². The molecule has 1 aromatic rings. The first kappa shape index (κ1) is 12.9. The van der Waals surface area contributed by atoms with Crippen LogP contribution in [0.25, 0.3) is 0 Å². The standard InChI is InChI=1S/C17H21N3O/c18-15-17(9-13-6-7-14(8-13)10-17)20(16(21)19-15)11-12-4-2-1-3-5-12/h1-5,13-14H,6-11H2,(H2,18,19,21). The molecule has 1 aromatic carbocycles. The minimum Gasteiger partial charge on any atom is -0.385 e. The van der Waals surface area contributed by atoms with Gasteiger partial charge in [0.1, 0.15) is 11.4 Å². The Balaban J connectivity index is 1.67. The van der Waals surface area contributed by atoms with Crippen molar-refractivity contribution in [3.63, 3.8) is 0 Å². The molecule has 1 heterocycles. The molecule has 2 aliphatic carbocycles. The van der Waals surface area contributed by atoms with E-state index in [1.807, 2.05) is 23.1 Å². The molecule has 2 atom stereocenters. The summed E-state index contributed by atoms with van der Waals surface area (Å²) >= 11 is 0. The summed E-state index contributed by atoms with van der Waals surface area (Å²) in [4.78, 5) is 18.4. The highest BCUT2D eigenvalue weighted by Gasteiger charge is 2.54. The average Bonchev–Trinajstić information content (AvgIpc) is 2.93. The molecule has 2 saturated carbocycles. The second-order valence-corrected chi connectivity index (χ2v) is 6.84. The van der Waals surface area contributed by atoms with Crippen LogP contribution in [0.2, 0.25) is 0 Å². The predicted octanol–water partition coefficient (Wildman–Crippen LogP) is 2.93. The summed E-state index contributed by atoms with van der Waals surface area (Å²) in [5.74, 6) is 1.98. The van der Waals surface area contributed by atoms with Crippen molar-refractivity contribution < 1.29 is 4.79 Å². The highest BCUT2D eigenvalue weighted by atomic mass is 16.2. The van der Waals surface area contributed by atoms with E-state index in [4.69, 9.17) is 5.73 Å². The quantitative estimate of drug-likeness (QED) is 0.907. The van der Waals surface area contributed by atoms with Gasteiger partial charge in [-0.15, -0.1) is 0 Å². The Hall–Kier alpha value is -1.84. The molecule has 21 heavy (non-hydrogen) atoms. The van der Waals surface area contributed by atoms with Crippen molar-refractivity contribution in [1.29, 1.82) is 0 Å². The molecule has 1 spiro atoms. The van der Waals surface area contributed by atoms with Crippen LogP contribution in [0.15, 0.2) is 35.3 Å². The van der Waals surface area contributed by atoms with E-state index in [0.29, 0.717) is 24.2 Å². The van der Waals surface area contributed by atoms with Crippen LogP contribution in [0, 0.1) is 11.8 Å². The summed E-state index contributed by atoms with van der Waals surface area (Å²) in [6, 6.07) is 9.99. The zero-order valence-corrected chi connectivity index (χ0v) is 12.2. The zero-order chi connectivity index (χ0) is 14.4. The van der Waals surface area contributed by atoms with E-state index in [1.54, 1.807) is 0 Å². The molecule has 110 valence electrons. The lowest BCUT2D eigenvalue weighted by Crippen LogP contribution is -2.56. The monoisotopic (exact) mass is 283 g/mol. The molecular formula is C17H21N3O. The van der Waals surface area contributed by atoms with Gasteiger partial charge in [0.2, 0.25) is 0 Å². The molecule has 4 heteroatoms. The van der Waals surface area contributed by atoms with Gasteiger partial charge in [-0.1, -0.05) is 43.2 Å². The minimum absolute atomic E-state index is 0.155. The number of hydrogen-bond donors (Lipinski definition) is 1. The molecule has 2 N–H and O–H groups in total. The first-order valence-corrected chi connectivity index (χ1v) is 7.87. The maximum absolute atomic E-state index is 12.4. The molecule has 2 amide bonds. The normalized spacial score (nSPS) is 34.6. The number of benzene rings is 1. The number of amides is 2. The van der Waals surface area contributed by atoms with E-state index in [1.165, 1.54) is 19.3 Å². The number of nitrogens with zero attached hydrogens (tertiary/aromatic N) is 2. The van der Waals surface area contributed by atoms with E-state index < -0.39 is 0 Å². The Morgan fingerprint density at radius 3 is 2.52 bits per heavy atom. The highest BCUT2D eigenvalue weighted by molar-refractivity contribution is 6.05. The van der Waals surface area contributed by atoms with Crippen LogP contribution in [-0.2, 0) is 6.54 Å². The minimum atomic E-state index is -0.309. The highest BCUT2D eigenvalue weighted by Crippen LogP contribution is 2.50. The molecule has 3 aliphatic rings. The van der Waals surface area contributed by atoms with Crippen molar-refractivity contribution in [2.75, 3.05) is 0 Å². The molecule has 0 saturated heterocycles. The predicted molar refractivity (Wildman–Crippen MR) is 81.8 cm³/mol. The van der Waals surface area contributed by atoms with Gasteiger partial charge in [-0.3, -0.25) is 0 Å². The van der Waals surface area contributed by atoms with Crippen molar-refractivity contribution in [3.8, 4) is 0 Å². The van der Waals surface area contributed by atoms with Crippen molar-refractivity contribution in [3.05, 3.63) is 35.9 Å². The number of aliphatic imine (C=N–C) groups is 1. The lowest BCUT2D eigenvalue weighted by Gasteiger charge is -2.43. The van der Waals surface area contributed by atoms with Crippen LogP contribution in [0.1, 0.15) is 37.7 Å². The fourth-order valence-corrected chi connectivity index (χ4v) is 4.59. The fraction of sp³-hybridized carbons (Fsp3) is 0.529. The third-order valence-electron chi connectivity index (χ3n) is 5.53. The van der Waals surface area contributed by atoms with E-state index in [-0.39, 0.29) is 11.6 Å². The zero-order valence-electron chi connectivity index (χ0n) is 12.2. The molecule has 4 nitrogen and oxygen atoms in total. The van der Waals surface area contributed by atoms with Crippen molar-refractivity contribution in [2.24, 2.45) is 22.6 Å². The molecule has 2 fully saturated rings. The summed E-state index contributed by atoms with van der Waals surface area (Å²) in [6.07, 6.45) is 5.87. The Bertz CT molecular complexity index is 583. The Labute approximate surface area is 125 Å². The Morgan fingerprint density at radius 2 is 1.86 bits per heavy atom. The van der Waals surface area contributed by atoms with E-state index >= 15 is 0 Å². The summed E-state index contributed by atoms with van der Waals surface area (Å²) < 4.78 is 0. The van der Waals surface area contributed by atoms with Gasteiger partial charge in [0.15, 0.2) is 0 Å². The average molecular weight is 283 g/mol. The number of urea groups is 1. The molecule has 0 radical (unpaired) electrons. The van der Waals surface area contributed by atoms with Gasteiger partial charge in [-0.05, 0) is 36.7 Å². The molecule has 4 rings (SSSR count). The summed E-state index contributed by atoms with van der Waals surface area (Å²) in [7, 11) is 0. The first-order chi connectivity index (χ1) is 10.2. The van der Waals surface area contributed by atoms with Crippen LogP contribution in [0.4, 0.5) is 4.79 Å². The molecule has 0 aromatic heterocycles. The van der Waals surface area contributed by atoms with Crippen molar-refractivity contribution in [2.45, 2.75) is 44.2 Å². The summed E-state index contributed by atoms with van der Waals surface area (Å²) in [5, 5.41) is 0. The van der Waals surface area contributed by atoms with Crippen LogP contribution in [-0.4, -0.2) is 22.3 Å². The number of carbonyl (C=O) groups excluding carboxylic acids is 1. The second kappa shape index (κ2) is 4.58. The van der Waals surface area contributed by atoms with Crippen LogP contribution >= 0.6 is 0 Å². The maximum atomic E-state index is 12.4. The molecule has 2 bridgehead atoms. The number of rotatable bonds is 2. The van der Waals surface area contributed by atoms with Gasteiger partial charge in [0.25, 0.3) is 0 Å². The topological polar surface area (TPSA) is 58.7 Å². The summed E-state index contributed by atoms with van der Waals surface area (Å²) in [5.41, 5.74) is 7.06. The van der Waals surface area contributed by atoms with E-state index in [0.717, 1.165) is 18.4 Å². The van der Waals surface area contributed by atoms with Crippen LogP contribution in [0.3, 0.4) is 0 Å². The Morgan fingerprint density at radius 1 is 1.19 bits per heavy atom. The Kier molecular flexibility index (Phi) is 2.81. The van der Waals surface area contributed by atoms with Crippen molar-refractivity contribution in [1.82, 2.24) is 4.90 Å². The number of carbonyl (C=O) groups is 1. The largest absolute Gasteiger partial charge is 0.385 e. The lowest BCUT2D eigenvalue weighted by molar-refractivity contribution is 0.111. The van der Waals surface area contributed by atoms with Gasteiger partial charge in [-0.2, -0.15) is 4.99 Å². The second-order valence-electron chi connectivity index (χ2n) is 6.84. The van der Waals surface area contributed by atoms with Gasteiger partial charge < -0.3 is 10.6 Å². The number of nitrogens with two attached hydrogens (primary N) is 1. The van der Waals surface area contributed by atoms with Gasteiger partial charge in [0, 0.05) is 6.54 Å². The van der Waals surface area contributed by atoms with Gasteiger partial charge in [-0.25, -0.2) is 4.79 Å². The molecule has 2 unspecified atom stereocenters. The van der Waals surface area contributed by atoms with Crippen LogP contribution < -0.4 is 5.73 Å². The number of amidine groups is 1. The summed E-state index contributed by atoms with van der Waals surface area (Å²) in [6.45, 7) is 0.614. The van der Waals surface area contributed by atoms with Crippen LogP contribution in [0.5, 0.6) is 0 Å². The first-order valence-electron chi connectivity index (χ1n) is 7.87. The SMILES string of the molecule is NC1=NC(=O)N(Cc2ccccc2)C12CC1CCC(C1)C2. The number of fused-ring (bicyclic) bond motifs is 2. The van der Waals surface area contributed by atoms with Crippen molar-refractivity contribution >= 4 is 11.9 Å². The third-order valence-corrected chi connectivity index (χ3v) is 5.53. The fourth-order valence-electron chi connectivity index (χ4n) is 4.59. The maximum Gasteiger partial charge on any atom is 0.346 e. The molecule has 1 aliphatic heterocycles. The number of hydrogen-bond acceptors (Lipinski definition) is 2. The van der Waals surface area contributed by atoms with Gasteiger partial charge >= 0.3 is 6.03 Å². The van der Waals surface area contributed by atoms with E-state index in [9.17, 15) is 4.79 Å². The lowest BCUT2D eigenvalue weighted by atomic mass is 9.73.